The number of aliphatic imine (C=N–C) groups is 1. The molecule has 0 atom stereocenters. The first-order chi connectivity index (χ1) is 6.63. The maximum atomic E-state index is 11.3. The van der Waals surface area contributed by atoms with E-state index >= 15 is 0 Å². The Kier molecular flexibility index (Phi) is 3.23. The SMILES string of the molecule is CCC(=O)c1cccc(N=C(N)N)c1. The van der Waals surface area contributed by atoms with Crippen molar-refractivity contribution in [1.82, 2.24) is 0 Å². The number of ketones is 1. The van der Waals surface area contributed by atoms with Gasteiger partial charge in [-0.05, 0) is 12.1 Å². The molecule has 0 bridgehead atoms. The fourth-order valence-corrected chi connectivity index (χ4v) is 1.10. The summed E-state index contributed by atoms with van der Waals surface area (Å²) in [6.45, 7) is 1.82. The molecule has 0 aromatic heterocycles. The number of hydrogen-bond donors (Lipinski definition) is 2. The molecule has 4 N–H and O–H groups in total. The minimum Gasteiger partial charge on any atom is -0.370 e. The van der Waals surface area contributed by atoms with Crippen LogP contribution in [0.1, 0.15) is 23.7 Å². The maximum absolute atomic E-state index is 11.3. The molecule has 1 aromatic carbocycles. The van der Waals surface area contributed by atoms with Crippen molar-refractivity contribution in [2.75, 3.05) is 0 Å². The Morgan fingerprint density at radius 2 is 2.14 bits per heavy atom. The number of rotatable bonds is 3. The highest BCUT2D eigenvalue weighted by molar-refractivity contribution is 5.96. The summed E-state index contributed by atoms with van der Waals surface area (Å²) in [7, 11) is 0. The first kappa shape index (κ1) is 10.2. The van der Waals surface area contributed by atoms with Crippen molar-refractivity contribution < 1.29 is 4.79 Å². The minimum absolute atomic E-state index is 0.00824. The molecule has 0 aliphatic carbocycles. The van der Waals surface area contributed by atoms with Gasteiger partial charge >= 0.3 is 0 Å². The number of carbonyl (C=O) groups is 1. The third-order valence-electron chi connectivity index (χ3n) is 1.75. The van der Waals surface area contributed by atoms with Gasteiger partial charge in [0.2, 0.25) is 0 Å². The summed E-state index contributed by atoms with van der Waals surface area (Å²) in [5.74, 6) is 0.0729. The molecule has 0 unspecified atom stereocenters. The third-order valence-corrected chi connectivity index (χ3v) is 1.75. The largest absolute Gasteiger partial charge is 0.370 e. The van der Waals surface area contributed by atoms with E-state index in [1.165, 1.54) is 0 Å². The van der Waals surface area contributed by atoms with Crippen molar-refractivity contribution in [2.24, 2.45) is 16.5 Å². The minimum atomic E-state index is -0.00824. The molecule has 0 heterocycles. The van der Waals surface area contributed by atoms with Gasteiger partial charge in [-0.1, -0.05) is 19.1 Å². The lowest BCUT2D eigenvalue weighted by atomic mass is 10.1. The van der Waals surface area contributed by atoms with Gasteiger partial charge in [0, 0.05) is 12.0 Å². The Labute approximate surface area is 82.6 Å². The van der Waals surface area contributed by atoms with Gasteiger partial charge in [0.05, 0.1) is 5.69 Å². The lowest BCUT2D eigenvalue weighted by Crippen LogP contribution is -2.21. The average molecular weight is 191 g/mol. The monoisotopic (exact) mass is 191 g/mol. The van der Waals surface area contributed by atoms with Crippen LogP contribution < -0.4 is 11.5 Å². The highest BCUT2D eigenvalue weighted by Crippen LogP contribution is 2.14. The van der Waals surface area contributed by atoms with Gasteiger partial charge in [-0.25, -0.2) is 4.99 Å². The molecule has 0 saturated heterocycles. The van der Waals surface area contributed by atoms with E-state index in [-0.39, 0.29) is 11.7 Å². The third kappa shape index (κ3) is 2.58. The molecular formula is C10H13N3O. The number of benzene rings is 1. The number of Topliss-reactive ketones (excluding diaryl/α,β-unsaturated/α-hetero) is 1. The van der Waals surface area contributed by atoms with E-state index in [9.17, 15) is 4.79 Å². The molecule has 0 aliphatic rings. The van der Waals surface area contributed by atoms with Crippen molar-refractivity contribution in [1.29, 1.82) is 0 Å². The second-order valence-corrected chi connectivity index (χ2v) is 2.86. The maximum Gasteiger partial charge on any atom is 0.191 e. The molecule has 74 valence electrons. The van der Waals surface area contributed by atoms with Crippen LogP contribution in [0.25, 0.3) is 0 Å². The highest BCUT2D eigenvalue weighted by Gasteiger charge is 2.02. The van der Waals surface area contributed by atoms with Gasteiger partial charge in [-0.2, -0.15) is 0 Å². The van der Waals surface area contributed by atoms with Crippen molar-refractivity contribution in [3.05, 3.63) is 29.8 Å². The molecule has 1 aromatic rings. The quantitative estimate of drug-likeness (QED) is 0.427. The molecule has 0 spiro atoms. The fourth-order valence-electron chi connectivity index (χ4n) is 1.10. The molecule has 4 nitrogen and oxygen atoms in total. The molecule has 1 rings (SSSR count). The van der Waals surface area contributed by atoms with Crippen LogP contribution in [0.5, 0.6) is 0 Å². The van der Waals surface area contributed by atoms with Crippen molar-refractivity contribution >= 4 is 17.4 Å². The van der Waals surface area contributed by atoms with E-state index in [4.69, 9.17) is 11.5 Å². The molecule has 0 amide bonds. The number of nitrogens with two attached hydrogens (primary N) is 2. The zero-order valence-electron chi connectivity index (χ0n) is 8.03. The number of nitrogens with zero attached hydrogens (tertiary/aromatic N) is 1. The Morgan fingerprint density at radius 3 is 2.71 bits per heavy atom. The predicted molar refractivity (Wildman–Crippen MR) is 56.5 cm³/mol. The predicted octanol–water partition coefficient (Wildman–Crippen LogP) is 1.18. The molecular weight excluding hydrogens is 178 g/mol. The summed E-state index contributed by atoms with van der Waals surface area (Å²) in [4.78, 5) is 15.2. The van der Waals surface area contributed by atoms with Gasteiger partial charge in [0.15, 0.2) is 11.7 Å². The normalized spacial score (nSPS) is 9.50. The van der Waals surface area contributed by atoms with Crippen LogP contribution in [0.2, 0.25) is 0 Å². The van der Waals surface area contributed by atoms with Crippen LogP contribution >= 0.6 is 0 Å². The number of carbonyl (C=O) groups excluding carboxylic acids is 1. The van der Waals surface area contributed by atoms with Crippen molar-refractivity contribution in [3.63, 3.8) is 0 Å². The lowest BCUT2D eigenvalue weighted by molar-refractivity contribution is 0.0988. The second-order valence-electron chi connectivity index (χ2n) is 2.86. The number of hydrogen-bond acceptors (Lipinski definition) is 2. The Bertz CT molecular complexity index is 367. The molecule has 0 radical (unpaired) electrons. The van der Waals surface area contributed by atoms with Crippen LogP contribution in [0.3, 0.4) is 0 Å². The summed E-state index contributed by atoms with van der Waals surface area (Å²) in [5.41, 5.74) is 11.7. The Morgan fingerprint density at radius 1 is 1.43 bits per heavy atom. The van der Waals surface area contributed by atoms with Crippen LogP contribution in [0.15, 0.2) is 29.3 Å². The molecule has 0 saturated carbocycles. The van der Waals surface area contributed by atoms with Crippen LogP contribution in [-0.2, 0) is 0 Å². The summed E-state index contributed by atoms with van der Waals surface area (Å²) < 4.78 is 0. The molecule has 0 fully saturated rings. The molecule has 4 heteroatoms. The Hall–Kier alpha value is -1.84. The Balaban J connectivity index is 3.01. The first-order valence-electron chi connectivity index (χ1n) is 4.36. The van der Waals surface area contributed by atoms with Gasteiger partial charge in [0.1, 0.15) is 0 Å². The zero-order valence-corrected chi connectivity index (χ0v) is 8.03. The average Bonchev–Trinajstić information content (AvgIpc) is 2.16. The fraction of sp³-hybridized carbons (Fsp3) is 0.200. The lowest BCUT2D eigenvalue weighted by Gasteiger charge is -1.99. The summed E-state index contributed by atoms with van der Waals surface area (Å²) in [5, 5.41) is 0. The number of guanidine groups is 1. The van der Waals surface area contributed by atoms with Gasteiger partial charge in [-0.15, -0.1) is 0 Å². The molecule has 14 heavy (non-hydrogen) atoms. The first-order valence-corrected chi connectivity index (χ1v) is 4.36. The van der Waals surface area contributed by atoms with Crippen molar-refractivity contribution in [2.45, 2.75) is 13.3 Å². The summed E-state index contributed by atoms with van der Waals surface area (Å²) in [6, 6.07) is 6.92. The zero-order chi connectivity index (χ0) is 10.6. The smallest absolute Gasteiger partial charge is 0.191 e. The highest BCUT2D eigenvalue weighted by atomic mass is 16.1. The second kappa shape index (κ2) is 4.41. The van der Waals surface area contributed by atoms with Crippen LogP contribution in [0.4, 0.5) is 5.69 Å². The van der Waals surface area contributed by atoms with Gasteiger partial charge in [-0.3, -0.25) is 4.79 Å². The van der Waals surface area contributed by atoms with E-state index in [1.54, 1.807) is 24.3 Å². The summed E-state index contributed by atoms with van der Waals surface area (Å²) >= 11 is 0. The van der Waals surface area contributed by atoms with Gasteiger partial charge in [0.25, 0.3) is 0 Å². The molecule has 0 aliphatic heterocycles. The summed E-state index contributed by atoms with van der Waals surface area (Å²) in [6.07, 6.45) is 0.477. The van der Waals surface area contributed by atoms with E-state index < -0.39 is 0 Å². The van der Waals surface area contributed by atoms with E-state index in [0.29, 0.717) is 17.7 Å². The van der Waals surface area contributed by atoms with E-state index in [2.05, 4.69) is 4.99 Å². The van der Waals surface area contributed by atoms with Crippen molar-refractivity contribution in [3.8, 4) is 0 Å². The van der Waals surface area contributed by atoms with Crippen LogP contribution in [0, 0.1) is 0 Å². The van der Waals surface area contributed by atoms with E-state index in [1.807, 2.05) is 6.92 Å². The standard InChI is InChI=1S/C10H13N3O/c1-2-9(14)7-4-3-5-8(6-7)13-10(11)12/h3-6H,2H2,1H3,(H4,11,12,13). The topological polar surface area (TPSA) is 81.5 Å². The van der Waals surface area contributed by atoms with Crippen LogP contribution in [-0.4, -0.2) is 11.7 Å². The van der Waals surface area contributed by atoms with E-state index in [0.717, 1.165) is 0 Å². The van der Waals surface area contributed by atoms with Gasteiger partial charge < -0.3 is 11.5 Å².